The monoisotopic (exact) mass is 755 g/mol. The van der Waals surface area contributed by atoms with Crippen LogP contribution in [0.3, 0.4) is 0 Å². The fourth-order valence-corrected chi connectivity index (χ4v) is 10.2. The first-order valence-corrected chi connectivity index (χ1v) is 21.1. The SMILES string of the molecule is C=C/C=C(\C=C/CN(c1ccccc1)c1ccc(-c2ccc(Sc3ccccc3)c(C)c2)cc1C)c1ccc2c(c1)C(C)(C)c1c-2ccc2c1C1=C(CCC=C1)C2. The standard InChI is InChI=1S/C55H49NS/c1-6-16-39(42-24-28-48-49-29-25-44-35-43-17-13-14-23-47(43)53(44)54(49)55(4,5)50(48)36-42)18-15-32-56(45-19-9-7-10-20-45)51-30-26-40(33-37(51)2)41-27-31-52(38(3)34-41)57-46-21-11-8-12-22-46/h6-12,14-16,18-31,33-34,36H,1,13,17,32,35H2,2-5H3/b18-15-,39-16+. The summed E-state index contributed by atoms with van der Waals surface area (Å²) in [5.41, 5.74) is 21.4. The van der Waals surface area contributed by atoms with Gasteiger partial charge in [0, 0.05) is 33.1 Å². The van der Waals surface area contributed by atoms with Gasteiger partial charge in [-0.3, -0.25) is 0 Å². The van der Waals surface area contributed by atoms with Crippen LogP contribution >= 0.6 is 11.8 Å². The molecule has 0 heterocycles. The van der Waals surface area contributed by atoms with E-state index in [4.69, 9.17) is 0 Å². The van der Waals surface area contributed by atoms with E-state index in [0.29, 0.717) is 0 Å². The number of para-hydroxylation sites is 1. The highest BCUT2D eigenvalue weighted by Gasteiger charge is 2.40. The number of fused-ring (bicyclic) bond motifs is 6. The number of nitrogens with zero attached hydrogens (tertiary/aromatic N) is 1. The van der Waals surface area contributed by atoms with Gasteiger partial charge in [0.15, 0.2) is 0 Å². The first-order valence-electron chi connectivity index (χ1n) is 20.3. The van der Waals surface area contributed by atoms with Crippen molar-refractivity contribution < 1.29 is 0 Å². The van der Waals surface area contributed by atoms with Crippen LogP contribution in [0.2, 0.25) is 0 Å². The maximum Gasteiger partial charge on any atom is 0.0443 e. The van der Waals surface area contributed by atoms with Crippen molar-refractivity contribution in [3.05, 3.63) is 215 Å². The number of rotatable bonds is 10. The second-order valence-electron chi connectivity index (χ2n) is 16.1. The van der Waals surface area contributed by atoms with Gasteiger partial charge >= 0.3 is 0 Å². The number of hydrogen-bond donors (Lipinski definition) is 0. The minimum absolute atomic E-state index is 0.0988. The average Bonchev–Trinajstić information content (AvgIpc) is 3.72. The lowest BCUT2D eigenvalue weighted by molar-refractivity contribution is 0.658. The molecule has 0 fully saturated rings. The predicted molar refractivity (Wildman–Crippen MR) is 246 cm³/mol. The Morgan fingerprint density at radius 2 is 1.53 bits per heavy atom. The first-order chi connectivity index (χ1) is 27.8. The highest BCUT2D eigenvalue weighted by atomic mass is 32.2. The zero-order valence-corrected chi connectivity index (χ0v) is 34.3. The van der Waals surface area contributed by atoms with Crippen LogP contribution < -0.4 is 4.90 Å². The molecule has 9 rings (SSSR count). The minimum atomic E-state index is -0.0988. The van der Waals surface area contributed by atoms with Gasteiger partial charge in [-0.2, -0.15) is 0 Å². The van der Waals surface area contributed by atoms with E-state index >= 15 is 0 Å². The van der Waals surface area contributed by atoms with Crippen molar-refractivity contribution in [2.24, 2.45) is 0 Å². The molecule has 0 aromatic heterocycles. The molecule has 2 heteroatoms. The van der Waals surface area contributed by atoms with E-state index < -0.39 is 0 Å². The van der Waals surface area contributed by atoms with Crippen LogP contribution in [0.5, 0.6) is 0 Å². The quantitative estimate of drug-likeness (QED) is 0.128. The van der Waals surface area contributed by atoms with E-state index in [2.05, 4.69) is 197 Å². The third kappa shape index (κ3) is 6.87. The molecule has 0 atom stereocenters. The number of anilines is 2. The number of hydrogen-bond acceptors (Lipinski definition) is 2. The molecule has 0 radical (unpaired) electrons. The van der Waals surface area contributed by atoms with Gasteiger partial charge in [-0.15, -0.1) is 0 Å². The van der Waals surface area contributed by atoms with Crippen LogP contribution in [0.25, 0.3) is 33.4 Å². The van der Waals surface area contributed by atoms with E-state index in [9.17, 15) is 0 Å². The van der Waals surface area contributed by atoms with Gasteiger partial charge in [0.2, 0.25) is 0 Å². The van der Waals surface area contributed by atoms with Crippen LogP contribution in [0.1, 0.15) is 65.6 Å². The highest BCUT2D eigenvalue weighted by molar-refractivity contribution is 7.99. The Balaban J connectivity index is 0.988. The fraction of sp³-hybridized carbons (Fsp3) is 0.164. The Morgan fingerprint density at radius 1 is 0.789 bits per heavy atom. The molecule has 1 nitrogen and oxygen atoms in total. The summed E-state index contributed by atoms with van der Waals surface area (Å²) in [6, 6.07) is 46.9. The molecule has 0 saturated heterocycles. The molecule has 280 valence electrons. The summed E-state index contributed by atoms with van der Waals surface area (Å²) in [4.78, 5) is 4.96. The van der Waals surface area contributed by atoms with E-state index in [1.165, 1.54) is 94.4 Å². The Kier molecular flexibility index (Phi) is 9.85. The molecule has 0 N–H and O–H groups in total. The maximum absolute atomic E-state index is 4.12. The Hall–Kier alpha value is -5.83. The Morgan fingerprint density at radius 3 is 2.28 bits per heavy atom. The van der Waals surface area contributed by atoms with Crippen molar-refractivity contribution in [2.45, 2.75) is 62.2 Å². The van der Waals surface area contributed by atoms with Gasteiger partial charge < -0.3 is 4.90 Å². The van der Waals surface area contributed by atoms with Gasteiger partial charge in [-0.05, 0) is 154 Å². The second-order valence-corrected chi connectivity index (χ2v) is 17.3. The number of benzene rings is 6. The lowest BCUT2D eigenvalue weighted by Gasteiger charge is -2.26. The predicted octanol–water partition coefficient (Wildman–Crippen LogP) is 15.1. The molecule has 6 aromatic rings. The Labute approximate surface area is 343 Å². The van der Waals surface area contributed by atoms with Gasteiger partial charge in [-0.25, -0.2) is 0 Å². The van der Waals surface area contributed by atoms with Crippen LogP contribution in [-0.2, 0) is 11.8 Å². The van der Waals surface area contributed by atoms with Crippen LogP contribution in [0.15, 0.2) is 186 Å². The van der Waals surface area contributed by atoms with Crippen LogP contribution in [0.4, 0.5) is 11.4 Å². The lowest BCUT2D eigenvalue weighted by Crippen LogP contribution is -2.18. The lowest BCUT2D eigenvalue weighted by atomic mass is 9.77. The third-order valence-corrected chi connectivity index (χ3v) is 13.3. The topological polar surface area (TPSA) is 3.24 Å². The van der Waals surface area contributed by atoms with E-state index in [-0.39, 0.29) is 5.41 Å². The highest BCUT2D eigenvalue weighted by Crippen LogP contribution is 2.55. The Bertz CT molecular complexity index is 2650. The summed E-state index contributed by atoms with van der Waals surface area (Å²) in [5.74, 6) is 0. The molecule has 0 saturated carbocycles. The van der Waals surface area contributed by atoms with Crippen molar-refractivity contribution in [3.8, 4) is 22.3 Å². The summed E-state index contributed by atoms with van der Waals surface area (Å²) in [5, 5.41) is 0. The van der Waals surface area contributed by atoms with E-state index in [1.54, 1.807) is 5.57 Å². The summed E-state index contributed by atoms with van der Waals surface area (Å²) in [6.07, 6.45) is 16.8. The number of allylic oxidation sites excluding steroid dienone is 8. The normalized spacial score (nSPS) is 15.1. The first kappa shape index (κ1) is 36.8. The van der Waals surface area contributed by atoms with Crippen molar-refractivity contribution in [1.82, 2.24) is 0 Å². The molecule has 57 heavy (non-hydrogen) atoms. The second kappa shape index (κ2) is 15.3. The van der Waals surface area contributed by atoms with Crippen LogP contribution in [-0.4, -0.2) is 6.54 Å². The smallest absolute Gasteiger partial charge is 0.0443 e. The van der Waals surface area contributed by atoms with Crippen molar-refractivity contribution >= 4 is 34.3 Å². The maximum atomic E-state index is 4.12. The number of aryl methyl sites for hydroxylation is 2. The van der Waals surface area contributed by atoms with Gasteiger partial charge in [0.05, 0.1) is 0 Å². The molecule has 0 amide bonds. The largest absolute Gasteiger partial charge is 0.337 e. The average molecular weight is 756 g/mol. The van der Waals surface area contributed by atoms with Gasteiger partial charge in [0.25, 0.3) is 0 Å². The molecule has 0 spiro atoms. The van der Waals surface area contributed by atoms with Crippen molar-refractivity contribution in [1.29, 1.82) is 0 Å². The molecule has 0 bridgehead atoms. The van der Waals surface area contributed by atoms with E-state index in [0.717, 1.165) is 25.0 Å². The fourth-order valence-electron chi connectivity index (χ4n) is 9.28. The molecule has 3 aliphatic rings. The van der Waals surface area contributed by atoms with Gasteiger partial charge in [-0.1, -0.05) is 153 Å². The molecular weight excluding hydrogens is 707 g/mol. The minimum Gasteiger partial charge on any atom is -0.337 e. The summed E-state index contributed by atoms with van der Waals surface area (Å²) < 4.78 is 0. The summed E-state index contributed by atoms with van der Waals surface area (Å²) in [7, 11) is 0. The zero-order chi connectivity index (χ0) is 39.1. The molecule has 3 aliphatic carbocycles. The van der Waals surface area contributed by atoms with Crippen molar-refractivity contribution in [3.63, 3.8) is 0 Å². The zero-order valence-electron chi connectivity index (χ0n) is 33.5. The molecule has 6 aromatic carbocycles. The van der Waals surface area contributed by atoms with Crippen molar-refractivity contribution in [2.75, 3.05) is 11.4 Å². The van der Waals surface area contributed by atoms with Crippen LogP contribution in [0, 0.1) is 13.8 Å². The molecular formula is C55H49NS. The third-order valence-electron chi connectivity index (χ3n) is 12.1. The van der Waals surface area contributed by atoms with E-state index in [1.807, 2.05) is 17.8 Å². The summed E-state index contributed by atoms with van der Waals surface area (Å²) >= 11 is 1.82. The summed E-state index contributed by atoms with van der Waals surface area (Å²) in [6.45, 7) is 14.1. The molecule has 0 aliphatic heterocycles. The van der Waals surface area contributed by atoms with Gasteiger partial charge in [0.1, 0.15) is 0 Å². The molecule has 0 unspecified atom stereocenters.